The normalized spacial score (nSPS) is 10.4. The molecule has 1 aromatic carbocycles. The molecule has 0 atom stereocenters. The third-order valence-corrected chi connectivity index (χ3v) is 3.16. The van der Waals surface area contributed by atoms with Gasteiger partial charge in [0.05, 0.1) is 11.2 Å². The van der Waals surface area contributed by atoms with Crippen LogP contribution in [-0.4, -0.2) is 15.9 Å². The Labute approximate surface area is 116 Å². The molecule has 3 aromatic rings. The first-order valence-electron chi connectivity index (χ1n) is 6.31. The van der Waals surface area contributed by atoms with Gasteiger partial charge in [-0.2, -0.15) is 0 Å². The Kier molecular flexibility index (Phi) is 3.13. The highest BCUT2D eigenvalue weighted by molar-refractivity contribution is 6.08. The van der Waals surface area contributed by atoms with Crippen molar-refractivity contribution in [2.45, 2.75) is 6.92 Å². The number of carbonyl (C=O) groups excluding carboxylic acids is 1. The molecule has 0 radical (unpaired) electrons. The summed E-state index contributed by atoms with van der Waals surface area (Å²) in [5.74, 6) is -0.151. The number of hydrogen-bond donors (Lipinski definition) is 1. The fraction of sp³-hybridized carbons (Fsp3) is 0.0625. The second-order valence-corrected chi connectivity index (χ2v) is 4.52. The number of nitrogens with zero attached hydrogens (tertiary/aromatic N) is 2. The number of nitrogens with one attached hydrogen (secondary N) is 1. The van der Waals surface area contributed by atoms with Crippen LogP contribution in [-0.2, 0) is 0 Å². The number of aromatic nitrogens is 2. The van der Waals surface area contributed by atoms with Crippen LogP contribution in [0.5, 0.6) is 0 Å². The van der Waals surface area contributed by atoms with Gasteiger partial charge in [-0.15, -0.1) is 0 Å². The molecule has 20 heavy (non-hydrogen) atoms. The zero-order valence-electron chi connectivity index (χ0n) is 11.0. The van der Waals surface area contributed by atoms with Crippen LogP contribution in [0.2, 0.25) is 0 Å². The van der Waals surface area contributed by atoms with Crippen LogP contribution in [0.3, 0.4) is 0 Å². The second kappa shape index (κ2) is 5.09. The number of benzene rings is 1. The van der Waals surface area contributed by atoms with E-state index >= 15 is 0 Å². The minimum atomic E-state index is -0.151. The van der Waals surface area contributed by atoms with E-state index in [9.17, 15) is 4.79 Å². The summed E-state index contributed by atoms with van der Waals surface area (Å²) in [4.78, 5) is 20.4. The predicted molar refractivity (Wildman–Crippen MR) is 78.7 cm³/mol. The zero-order valence-corrected chi connectivity index (χ0v) is 11.0. The van der Waals surface area contributed by atoms with Gasteiger partial charge in [0.15, 0.2) is 0 Å². The molecule has 2 heterocycles. The highest BCUT2D eigenvalue weighted by Gasteiger charge is 2.09. The standard InChI is InChI=1S/C16H13N3O/c1-11-4-5-14(13-3-2-8-18-15(11)13)19-16(20)12-6-9-17-10-7-12/h2-10H,1H3,(H,19,20). The molecule has 0 aliphatic carbocycles. The third-order valence-electron chi connectivity index (χ3n) is 3.16. The summed E-state index contributed by atoms with van der Waals surface area (Å²) >= 11 is 0. The van der Waals surface area contributed by atoms with Crippen molar-refractivity contribution in [1.29, 1.82) is 0 Å². The summed E-state index contributed by atoms with van der Waals surface area (Å²) in [7, 11) is 0. The molecule has 0 bridgehead atoms. The molecule has 4 nitrogen and oxygen atoms in total. The number of aryl methyl sites for hydroxylation is 1. The quantitative estimate of drug-likeness (QED) is 0.772. The van der Waals surface area contributed by atoms with Crippen molar-refractivity contribution < 1.29 is 4.79 Å². The molecule has 4 heteroatoms. The summed E-state index contributed by atoms with van der Waals surface area (Å²) in [6.45, 7) is 2.00. The Hall–Kier alpha value is -2.75. The monoisotopic (exact) mass is 263 g/mol. The lowest BCUT2D eigenvalue weighted by Gasteiger charge is -2.09. The average Bonchev–Trinajstić information content (AvgIpc) is 2.51. The summed E-state index contributed by atoms with van der Waals surface area (Å²) in [5.41, 5.74) is 3.33. The molecule has 0 saturated heterocycles. The molecule has 2 aromatic heterocycles. The highest BCUT2D eigenvalue weighted by atomic mass is 16.1. The van der Waals surface area contributed by atoms with Gasteiger partial charge < -0.3 is 5.32 Å². The average molecular weight is 263 g/mol. The van der Waals surface area contributed by atoms with E-state index in [2.05, 4.69) is 15.3 Å². The summed E-state index contributed by atoms with van der Waals surface area (Å²) in [6, 6.07) is 11.0. The van der Waals surface area contributed by atoms with Crippen LogP contribution in [0.25, 0.3) is 10.9 Å². The second-order valence-electron chi connectivity index (χ2n) is 4.52. The third kappa shape index (κ3) is 2.23. The topological polar surface area (TPSA) is 54.9 Å². The summed E-state index contributed by atoms with van der Waals surface area (Å²) in [5, 5.41) is 3.86. The van der Waals surface area contributed by atoms with Gasteiger partial charge in [0.2, 0.25) is 0 Å². The molecule has 0 saturated carbocycles. The number of pyridine rings is 2. The van der Waals surface area contributed by atoms with Gasteiger partial charge in [-0.3, -0.25) is 14.8 Å². The minimum Gasteiger partial charge on any atom is -0.321 e. The van der Waals surface area contributed by atoms with Gasteiger partial charge in [0.1, 0.15) is 0 Å². The van der Waals surface area contributed by atoms with Crippen LogP contribution < -0.4 is 5.32 Å². The van der Waals surface area contributed by atoms with Crippen molar-refractivity contribution >= 4 is 22.5 Å². The lowest BCUT2D eigenvalue weighted by molar-refractivity contribution is 0.102. The van der Waals surface area contributed by atoms with Crippen molar-refractivity contribution in [1.82, 2.24) is 9.97 Å². The number of carbonyl (C=O) groups is 1. The van der Waals surface area contributed by atoms with Crippen LogP contribution in [0.1, 0.15) is 15.9 Å². The van der Waals surface area contributed by atoms with Gasteiger partial charge in [-0.25, -0.2) is 0 Å². The smallest absolute Gasteiger partial charge is 0.255 e. The van der Waals surface area contributed by atoms with Crippen molar-refractivity contribution in [3.05, 3.63) is 66.1 Å². The van der Waals surface area contributed by atoms with Gasteiger partial charge in [0, 0.05) is 29.5 Å². The molecule has 0 aliphatic rings. The Morgan fingerprint density at radius 3 is 2.65 bits per heavy atom. The van der Waals surface area contributed by atoms with Crippen molar-refractivity contribution in [2.24, 2.45) is 0 Å². The van der Waals surface area contributed by atoms with Gasteiger partial charge in [-0.05, 0) is 42.8 Å². The van der Waals surface area contributed by atoms with E-state index in [0.29, 0.717) is 5.56 Å². The van der Waals surface area contributed by atoms with Crippen LogP contribution >= 0.6 is 0 Å². The van der Waals surface area contributed by atoms with Crippen LogP contribution in [0, 0.1) is 6.92 Å². The van der Waals surface area contributed by atoms with Crippen molar-refractivity contribution in [3.8, 4) is 0 Å². The molecule has 1 N–H and O–H groups in total. The first-order valence-corrected chi connectivity index (χ1v) is 6.31. The molecule has 3 rings (SSSR count). The Morgan fingerprint density at radius 1 is 1.05 bits per heavy atom. The van der Waals surface area contributed by atoms with Gasteiger partial charge >= 0.3 is 0 Å². The number of hydrogen-bond acceptors (Lipinski definition) is 3. The molecule has 0 fully saturated rings. The lowest BCUT2D eigenvalue weighted by Crippen LogP contribution is -2.12. The van der Waals surface area contributed by atoms with E-state index in [-0.39, 0.29) is 5.91 Å². The maximum Gasteiger partial charge on any atom is 0.255 e. The first kappa shape index (κ1) is 12.3. The zero-order chi connectivity index (χ0) is 13.9. The summed E-state index contributed by atoms with van der Waals surface area (Å²) < 4.78 is 0. The van der Waals surface area contributed by atoms with Gasteiger partial charge in [-0.1, -0.05) is 6.07 Å². The number of anilines is 1. The number of rotatable bonds is 2. The van der Waals surface area contributed by atoms with Crippen molar-refractivity contribution in [3.63, 3.8) is 0 Å². The maximum absolute atomic E-state index is 12.2. The largest absolute Gasteiger partial charge is 0.321 e. The fourth-order valence-corrected chi connectivity index (χ4v) is 2.12. The van der Waals surface area contributed by atoms with E-state index < -0.39 is 0 Å². The molecule has 98 valence electrons. The maximum atomic E-state index is 12.2. The molecule has 0 spiro atoms. The molecule has 0 aliphatic heterocycles. The van der Waals surface area contributed by atoms with Crippen molar-refractivity contribution in [2.75, 3.05) is 5.32 Å². The van der Waals surface area contributed by atoms with E-state index in [4.69, 9.17) is 0 Å². The van der Waals surface area contributed by atoms with Crippen LogP contribution in [0.15, 0.2) is 55.0 Å². The van der Waals surface area contributed by atoms with E-state index in [1.807, 2.05) is 31.2 Å². The van der Waals surface area contributed by atoms with E-state index in [1.54, 1.807) is 30.7 Å². The first-order chi connectivity index (χ1) is 9.75. The van der Waals surface area contributed by atoms with E-state index in [0.717, 1.165) is 22.2 Å². The van der Waals surface area contributed by atoms with Gasteiger partial charge in [0.25, 0.3) is 5.91 Å². The predicted octanol–water partition coefficient (Wildman–Crippen LogP) is 3.19. The Bertz CT molecular complexity index is 769. The lowest BCUT2D eigenvalue weighted by atomic mass is 10.1. The Balaban J connectivity index is 2.00. The van der Waals surface area contributed by atoms with E-state index in [1.165, 1.54) is 0 Å². The Morgan fingerprint density at radius 2 is 1.85 bits per heavy atom. The number of amides is 1. The molecule has 1 amide bonds. The highest BCUT2D eigenvalue weighted by Crippen LogP contribution is 2.24. The molecular formula is C16H13N3O. The minimum absolute atomic E-state index is 0.151. The number of fused-ring (bicyclic) bond motifs is 1. The van der Waals surface area contributed by atoms with Crippen LogP contribution in [0.4, 0.5) is 5.69 Å². The SMILES string of the molecule is Cc1ccc(NC(=O)c2ccncc2)c2cccnc12. The molecular weight excluding hydrogens is 250 g/mol. The fourth-order valence-electron chi connectivity index (χ4n) is 2.12. The summed E-state index contributed by atoms with van der Waals surface area (Å²) in [6.07, 6.45) is 4.96. The molecule has 0 unspecified atom stereocenters.